The second-order valence-corrected chi connectivity index (χ2v) is 5.85. The van der Waals surface area contributed by atoms with E-state index >= 15 is 0 Å². The SMILES string of the molecule is O=c1[nH]c(CN2CCCC2)nc2c1oc1ccc(Cl)cc12. The number of hydrogen-bond acceptors (Lipinski definition) is 4. The molecule has 1 aliphatic heterocycles. The molecule has 1 saturated heterocycles. The van der Waals surface area contributed by atoms with Crippen molar-refractivity contribution in [3.8, 4) is 0 Å². The summed E-state index contributed by atoms with van der Waals surface area (Å²) in [7, 11) is 0. The van der Waals surface area contributed by atoms with Crippen molar-refractivity contribution in [1.82, 2.24) is 14.9 Å². The Bertz CT molecular complexity index is 878. The molecule has 4 rings (SSSR count). The second-order valence-electron chi connectivity index (χ2n) is 5.42. The van der Waals surface area contributed by atoms with Crippen LogP contribution in [0.25, 0.3) is 22.1 Å². The van der Waals surface area contributed by atoms with Gasteiger partial charge in [-0.2, -0.15) is 0 Å². The molecule has 2 aromatic heterocycles. The van der Waals surface area contributed by atoms with E-state index in [9.17, 15) is 4.79 Å². The number of halogens is 1. The number of nitrogens with zero attached hydrogens (tertiary/aromatic N) is 2. The monoisotopic (exact) mass is 303 g/mol. The standard InChI is InChI=1S/C15H14ClN3O2/c16-9-3-4-11-10(7-9)13-14(21-11)15(20)18-12(17-13)8-19-5-1-2-6-19/h3-4,7H,1-2,5-6,8H2,(H,17,18,20). The molecule has 108 valence electrons. The fourth-order valence-corrected chi connectivity index (χ4v) is 3.07. The van der Waals surface area contributed by atoms with Crippen molar-refractivity contribution in [2.45, 2.75) is 19.4 Å². The molecule has 0 saturated carbocycles. The summed E-state index contributed by atoms with van der Waals surface area (Å²) in [6, 6.07) is 5.29. The number of aromatic nitrogens is 2. The summed E-state index contributed by atoms with van der Waals surface area (Å²) in [5.74, 6) is 0.678. The van der Waals surface area contributed by atoms with E-state index in [0.717, 1.165) is 18.5 Å². The average molecular weight is 304 g/mol. The van der Waals surface area contributed by atoms with Crippen molar-refractivity contribution in [2.24, 2.45) is 0 Å². The van der Waals surface area contributed by atoms with Gasteiger partial charge in [-0.1, -0.05) is 11.6 Å². The Morgan fingerprint density at radius 2 is 2.14 bits per heavy atom. The van der Waals surface area contributed by atoms with Crippen molar-refractivity contribution < 1.29 is 4.42 Å². The summed E-state index contributed by atoms with van der Waals surface area (Å²) in [5.41, 5.74) is 1.25. The summed E-state index contributed by atoms with van der Waals surface area (Å²) in [4.78, 5) is 21.9. The number of furan rings is 1. The zero-order valence-corrected chi connectivity index (χ0v) is 12.1. The van der Waals surface area contributed by atoms with Gasteiger partial charge < -0.3 is 9.40 Å². The van der Waals surface area contributed by atoms with Crippen LogP contribution in [0.2, 0.25) is 5.02 Å². The molecule has 0 atom stereocenters. The zero-order chi connectivity index (χ0) is 14.4. The predicted octanol–water partition coefficient (Wildman–Crippen LogP) is 2.92. The van der Waals surface area contributed by atoms with Crippen molar-refractivity contribution in [1.29, 1.82) is 0 Å². The number of aromatic amines is 1. The maximum Gasteiger partial charge on any atom is 0.294 e. The molecule has 1 fully saturated rings. The number of benzene rings is 1. The molecule has 0 spiro atoms. The van der Waals surface area contributed by atoms with Gasteiger partial charge in [-0.3, -0.25) is 9.69 Å². The van der Waals surface area contributed by atoms with Gasteiger partial charge in [0.2, 0.25) is 5.58 Å². The Labute approximate surface area is 125 Å². The lowest BCUT2D eigenvalue weighted by molar-refractivity contribution is 0.322. The summed E-state index contributed by atoms with van der Waals surface area (Å²) < 4.78 is 5.58. The van der Waals surface area contributed by atoms with Crippen molar-refractivity contribution in [3.63, 3.8) is 0 Å². The third-order valence-electron chi connectivity index (χ3n) is 3.91. The Kier molecular flexibility index (Phi) is 2.97. The van der Waals surface area contributed by atoms with E-state index in [1.54, 1.807) is 18.2 Å². The van der Waals surface area contributed by atoms with Gasteiger partial charge in [0.25, 0.3) is 5.56 Å². The molecule has 3 heterocycles. The number of nitrogens with one attached hydrogen (secondary N) is 1. The van der Waals surface area contributed by atoms with Crippen LogP contribution < -0.4 is 5.56 Å². The minimum atomic E-state index is -0.235. The van der Waals surface area contributed by atoms with E-state index in [4.69, 9.17) is 16.0 Å². The Morgan fingerprint density at radius 3 is 2.95 bits per heavy atom. The fraction of sp³-hybridized carbons (Fsp3) is 0.333. The van der Waals surface area contributed by atoms with Crippen molar-refractivity contribution in [3.05, 3.63) is 39.4 Å². The normalized spacial score (nSPS) is 16.2. The van der Waals surface area contributed by atoms with E-state index in [1.165, 1.54) is 12.8 Å². The Morgan fingerprint density at radius 1 is 1.33 bits per heavy atom. The first kappa shape index (κ1) is 12.9. The Balaban J connectivity index is 1.88. The minimum Gasteiger partial charge on any atom is -0.449 e. The zero-order valence-electron chi connectivity index (χ0n) is 11.4. The summed E-state index contributed by atoms with van der Waals surface area (Å²) in [6.07, 6.45) is 2.41. The molecule has 6 heteroatoms. The van der Waals surface area contributed by atoms with E-state index < -0.39 is 0 Å². The highest BCUT2D eigenvalue weighted by Gasteiger charge is 2.17. The lowest BCUT2D eigenvalue weighted by Gasteiger charge is -2.12. The van der Waals surface area contributed by atoms with Crippen LogP contribution in [0.1, 0.15) is 18.7 Å². The predicted molar refractivity (Wildman–Crippen MR) is 81.7 cm³/mol. The molecule has 0 unspecified atom stereocenters. The summed E-state index contributed by atoms with van der Waals surface area (Å²) >= 11 is 6.03. The van der Waals surface area contributed by atoms with Crippen molar-refractivity contribution >= 4 is 33.7 Å². The number of fused-ring (bicyclic) bond motifs is 3. The first-order valence-electron chi connectivity index (χ1n) is 7.04. The van der Waals surface area contributed by atoms with Gasteiger partial charge in [0.1, 0.15) is 16.9 Å². The van der Waals surface area contributed by atoms with Crippen LogP contribution in [0.15, 0.2) is 27.4 Å². The van der Waals surface area contributed by atoms with Crippen LogP contribution in [-0.4, -0.2) is 28.0 Å². The minimum absolute atomic E-state index is 0.235. The largest absolute Gasteiger partial charge is 0.449 e. The van der Waals surface area contributed by atoms with Crippen LogP contribution in [-0.2, 0) is 6.54 Å². The summed E-state index contributed by atoms with van der Waals surface area (Å²) in [5, 5.41) is 1.39. The molecule has 0 aliphatic carbocycles. The molecule has 3 aromatic rings. The van der Waals surface area contributed by atoms with Crippen LogP contribution in [0.4, 0.5) is 0 Å². The smallest absolute Gasteiger partial charge is 0.294 e. The lowest BCUT2D eigenvalue weighted by Crippen LogP contribution is -2.22. The lowest BCUT2D eigenvalue weighted by atomic mass is 10.2. The highest BCUT2D eigenvalue weighted by Crippen LogP contribution is 2.27. The van der Waals surface area contributed by atoms with Gasteiger partial charge >= 0.3 is 0 Å². The molecule has 0 radical (unpaired) electrons. The quantitative estimate of drug-likeness (QED) is 0.790. The highest BCUT2D eigenvalue weighted by atomic mass is 35.5. The molecule has 0 amide bonds. The molecule has 21 heavy (non-hydrogen) atoms. The molecule has 1 aliphatic rings. The van der Waals surface area contributed by atoms with E-state index in [2.05, 4.69) is 14.9 Å². The number of H-pyrrole nitrogens is 1. The number of hydrogen-bond donors (Lipinski definition) is 1. The van der Waals surface area contributed by atoms with Crippen LogP contribution in [0.3, 0.4) is 0 Å². The molecular formula is C15H14ClN3O2. The van der Waals surface area contributed by atoms with E-state index in [-0.39, 0.29) is 11.1 Å². The van der Waals surface area contributed by atoms with Gasteiger partial charge in [0.05, 0.1) is 6.54 Å². The average Bonchev–Trinajstić information content (AvgIpc) is 3.07. The van der Waals surface area contributed by atoms with Crippen LogP contribution in [0.5, 0.6) is 0 Å². The maximum atomic E-state index is 12.2. The van der Waals surface area contributed by atoms with Gasteiger partial charge in [-0.25, -0.2) is 4.98 Å². The molecule has 5 nitrogen and oxygen atoms in total. The third kappa shape index (κ3) is 2.22. The number of likely N-dealkylation sites (tertiary alicyclic amines) is 1. The fourth-order valence-electron chi connectivity index (χ4n) is 2.90. The highest BCUT2D eigenvalue weighted by molar-refractivity contribution is 6.31. The molecule has 1 aromatic carbocycles. The Hall–Kier alpha value is -1.85. The van der Waals surface area contributed by atoms with Gasteiger partial charge in [0.15, 0.2) is 0 Å². The van der Waals surface area contributed by atoms with Crippen LogP contribution >= 0.6 is 11.6 Å². The van der Waals surface area contributed by atoms with Gasteiger partial charge in [-0.05, 0) is 44.1 Å². The van der Waals surface area contributed by atoms with Gasteiger partial charge in [-0.15, -0.1) is 0 Å². The topological polar surface area (TPSA) is 62.1 Å². The number of rotatable bonds is 2. The van der Waals surface area contributed by atoms with Gasteiger partial charge in [0, 0.05) is 10.4 Å². The van der Waals surface area contributed by atoms with Crippen LogP contribution in [0, 0.1) is 0 Å². The van der Waals surface area contributed by atoms with Crippen molar-refractivity contribution in [2.75, 3.05) is 13.1 Å². The summed E-state index contributed by atoms with van der Waals surface area (Å²) in [6.45, 7) is 2.78. The third-order valence-corrected chi connectivity index (χ3v) is 4.14. The molecule has 0 bridgehead atoms. The van der Waals surface area contributed by atoms with E-state index in [1.807, 2.05) is 0 Å². The first-order valence-corrected chi connectivity index (χ1v) is 7.42. The molecule has 1 N–H and O–H groups in total. The maximum absolute atomic E-state index is 12.2. The second kappa shape index (κ2) is 4.86. The van der Waals surface area contributed by atoms with E-state index in [0.29, 0.717) is 28.5 Å². The molecular weight excluding hydrogens is 290 g/mol. The first-order chi connectivity index (χ1) is 10.2.